The number of rotatable bonds is 5. The highest BCUT2D eigenvalue weighted by Gasteiger charge is 2.28. The molecule has 28 heavy (non-hydrogen) atoms. The molecule has 0 unspecified atom stereocenters. The Bertz CT molecular complexity index is 999. The maximum atomic E-state index is 14.2. The number of ether oxygens (including phenoxy) is 1. The first-order valence-electron chi connectivity index (χ1n) is 8.59. The number of benzene rings is 2. The Morgan fingerprint density at radius 1 is 1.07 bits per heavy atom. The van der Waals surface area contributed by atoms with Crippen LogP contribution in [0.25, 0.3) is 0 Å². The van der Waals surface area contributed by atoms with Gasteiger partial charge in [-0.25, -0.2) is 12.8 Å². The third kappa shape index (κ3) is 4.27. The molecule has 1 heterocycles. The SMILES string of the molecule is CC(=O)c1ccc(NC(=O)c2cc(S(=O)(=O)N3CCOCC3)ccc2F)cc1. The van der Waals surface area contributed by atoms with Crippen LogP contribution < -0.4 is 5.32 Å². The van der Waals surface area contributed by atoms with E-state index in [9.17, 15) is 22.4 Å². The van der Waals surface area contributed by atoms with Crippen LogP contribution in [0.2, 0.25) is 0 Å². The number of nitrogens with zero attached hydrogens (tertiary/aromatic N) is 1. The maximum absolute atomic E-state index is 14.2. The first kappa shape index (κ1) is 20.1. The molecule has 0 radical (unpaired) electrons. The van der Waals surface area contributed by atoms with Crippen LogP contribution in [0.4, 0.5) is 10.1 Å². The van der Waals surface area contributed by atoms with Crippen LogP contribution in [-0.2, 0) is 14.8 Å². The number of sulfonamides is 1. The Balaban J connectivity index is 1.84. The van der Waals surface area contributed by atoms with Gasteiger partial charge in [0.25, 0.3) is 5.91 Å². The number of nitrogens with one attached hydrogen (secondary N) is 1. The van der Waals surface area contributed by atoms with Crippen molar-refractivity contribution in [2.75, 3.05) is 31.6 Å². The Morgan fingerprint density at radius 2 is 1.71 bits per heavy atom. The number of anilines is 1. The number of Topliss-reactive ketones (excluding diaryl/α,β-unsaturated/α-hetero) is 1. The lowest BCUT2D eigenvalue weighted by Gasteiger charge is -2.26. The largest absolute Gasteiger partial charge is 0.379 e. The zero-order valence-corrected chi connectivity index (χ0v) is 16.0. The van der Waals surface area contributed by atoms with Gasteiger partial charge in [0.1, 0.15) is 5.82 Å². The van der Waals surface area contributed by atoms with Gasteiger partial charge in [-0.3, -0.25) is 9.59 Å². The predicted octanol–water partition coefficient (Wildman–Crippen LogP) is 2.30. The highest BCUT2D eigenvalue weighted by molar-refractivity contribution is 7.89. The van der Waals surface area contributed by atoms with Crippen LogP contribution in [-0.4, -0.2) is 50.7 Å². The molecule has 1 amide bonds. The van der Waals surface area contributed by atoms with Crippen molar-refractivity contribution < 1.29 is 27.1 Å². The van der Waals surface area contributed by atoms with Crippen LogP contribution in [0, 0.1) is 5.82 Å². The number of hydrogen-bond acceptors (Lipinski definition) is 5. The fraction of sp³-hybridized carbons (Fsp3) is 0.263. The lowest BCUT2D eigenvalue weighted by Crippen LogP contribution is -2.40. The van der Waals surface area contributed by atoms with Gasteiger partial charge in [0, 0.05) is 24.3 Å². The minimum atomic E-state index is -3.85. The highest BCUT2D eigenvalue weighted by Crippen LogP contribution is 2.21. The molecule has 0 aromatic heterocycles. The van der Waals surface area contributed by atoms with Gasteiger partial charge in [-0.15, -0.1) is 0 Å². The highest BCUT2D eigenvalue weighted by atomic mass is 32.2. The van der Waals surface area contributed by atoms with Crippen molar-refractivity contribution in [3.8, 4) is 0 Å². The third-order valence-corrected chi connectivity index (χ3v) is 6.23. The average molecular weight is 406 g/mol. The summed E-state index contributed by atoms with van der Waals surface area (Å²) in [4.78, 5) is 23.6. The van der Waals surface area contributed by atoms with E-state index in [-0.39, 0.29) is 42.5 Å². The van der Waals surface area contributed by atoms with Gasteiger partial charge in [-0.1, -0.05) is 0 Å². The fourth-order valence-corrected chi connectivity index (χ4v) is 4.20. The van der Waals surface area contributed by atoms with Gasteiger partial charge >= 0.3 is 0 Å². The number of morpholine rings is 1. The molecule has 0 bridgehead atoms. The summed E-state index contributed by atoms with van der Waals surface area (Å²) in [5.74, 6) is -1.74. The standard InChI is InChI=1S/C19H19FN2O5S/c1-13(23)14-2-4-15(5-3-14)21-19(24)17-12-16(6-7-18(17)20)28(25,26)22-8-10-27-11-9-22/h2-7,12H,8-11H2,1H3,(H,21,24). The van der Waals surface area contributed by atoms with E-state index in [2.05, 4.69) is 5.32 Å². The van der Waals surface area contributed by atoms with Crippen molar-refractivity contribution in [1.82, 2.24) is 4.31 Å². The molecule has 0 spiro atoms. The summed E-state index contributed by atoms with van der Waals surface area (Å²) in [5, 5.41) is 2.50. The summed E-state index contributed by atoms with van der Waals surface area (Å²) in [6, 6.07) is 9.22. The van der Waals surface area contributed by atoms with Gasteiger partial charge in [0.15, 0.2) is 5.78 Å². The number of amides is 1. The molecular weight excluding hydrogens is 387 g/mol. The number of carbonyl (C=O) groups is 2. The van der Waals surface area contributed by atoms with Gasteiger partial charge in [-0.05, 0) is 49.4 Å². The molecule has 0 saturated carbocycles. The molecule has 1 saturated heterocycles. The second-order valence-corrected chi connectivity index (χ2v) is 8.18. The van der Waals surface area contributed by atoms with Gasteiger partial charge in [0.2, 0.25) is 10.0 Å². The summed E-state index contributed by atoms with van der Waals surface area (Å²) < 4.78 is 46.0. The minimum Gasteiger partial charge on any atom is -0.379 e. The predicted molar refractivity (Wildman–Crippen MR) is 100 cm³/mol. The van der Waals surface area contributed by atoms with E-state index in [1.165, 1.54) is 35.5 Å². The van der Waals surface area contributed by atoms with Crippen molar-refractivity contribution in [2.24, 2.45) is 0 Å². The smallest absolute Gasteiger partial charge is 0.258 e. The van der Waals surface area contributed by atoms with E-state index < -0.39 is 21.7 Å². The maximum Gasteiger partial charge on any atom is 0.258 e. The van der Waals surface area contributed by atoms with E-state index in [1.54, 1.807) is 0 Å². The van der Waals surface area contributed by atoms with E-state index in [0.717, 1.165) is 18.2 Å². The average Bonchev–Trinajstić information content (AvgIpc) is 2.69. The molecule has 3 rings (SSSR count). The minimum absolute atomic E-state index is 0.120. The molecule has 2 aromatic carbocycles. The quantitative estimate of drug-likeness (QED) is 0.769. The van der Waals surface area contributed by atoms with Crippen LogP contribution in [0.1, 0.15) is 27.6 Å². The second kappa shape index (κ2) is 8.17. The van der Waals surface area contributed by atoms with Crippen LogP contribution in [0.5, 0.6) is 0 Å². The van der Waals surface area contributed by atoms with Crippen molar-refractivity contribution in [1.29, 1.82) is 0 Å². The first-order valence-corrected chi connectivity index (χ1v) is 10.0. The van der Waals surface area contributed by atoms with Crippen molar-refractivity contribution in [3.05, 3.63) is 59.4 Å². The summed E-state index contributed by atoms with van der Waals surface area (Å²) in [6.45, 7) is 2.38. The Kier molecular flexibility index (Phi) is 5.87. The normalized spacial score (nSPS) is 15.2. The molecule has 1 aliphatic heterocycles. The summed E-state index contributed by atoms with van der Waals surface area (Å²) in [6.07, 6.45) is 0. The van der Waals surface area contributed by atoms with E-state index in [4.69, 9.17) is 4.74 Å². The summed E-state index contributed by atoms with van der Waals surface area (Å²) >= 11 is 0. The zero-order valence-electron chi connectivity index (χ0n) is 15.1. The molecule has 0 atom stereocenters. The molecule has 1 N–H and O–H groups in total. The van der Waals surface area contributed by atoms with Gasteiger partial charge < -0.3 is 10.1 Å². The number of halogens is 1. The molecule has 2 aromatic rings. The lowest BCUT2D eigenvalue weighted by molar-refractivity contribution is 0.0730. The zero-order chi connectivity index (χ0) is 20.3. The summed E-state index contributed by atoms with van der Waals surface area (Å²) in [5.41, 5.74) is 0.448. The van der Waals surface area contributed by atoms with Gasteiger partial charge in [0.05, 0.1) is 23.7 Å². The number of carbonyl (C=O) groups excluding carboxylic acids is 2. The third-order valence-electron chi connectivity index (χ3n) is 4.34. The van der Waals surface area contributed by atoms with Crippen molar-refractivity contribution >= 4 is 27.4 Å². The monoisotopic (exact) mass is 406 g/mol. The second-order valence-electron chi connectivity index (χ2n) is 6.25. The van der Waals surface area contributed by atoms with Crippen molar-refractivity contribution in [3.63, 3.8) is 0 Å². The number of hydrogen-bond donors (Lipinski definition) is 1. The van der Waals surface area contributed by atoms with E-state index in [1.807, 2.05) is 0 Å². The van der Waals surface area contributed by atoms with Crippen LogP contribution in [0.15, 0.2) is 47.4 Å². The molecule has 9 heteroatoms. The van der Waals surface area contributed by atoms with E-state index in [0.29, 0.717) is 11.3 Å². The molecule has 148 valence electrons. The van der Waals surface area contributed by atoms with Gasteiger partial charge in [-0.2, -0.15) is 4.31 Å². The molecule has 1 aliphatic rings. The first-order chi connectivity index (χ1) is 13.3. The molecule has 7 nitrogen and oxygen atoms in total. The fourth-order valence-electron chi connectivity index (χ4n) is 2.76. The van der Waals surface area contributed by atoms with Crippen LogP contribution in [0.3, 0.4) is 0 Å². The topological polar surface area (TPSA) is 92.8 Å². The number of ketones is 1. The Hall–Kier alpha value is -2.62. The Labute approximate surface area is 162 Å². The molecular formula is C19H19FN2O5S. The van der Waals surface area contributed by atoms with E-state index >= 15 is 0 Å². The summed E-state index contributed by atoms with van der Waals surface area (Å²) in [7, 11) is -3.85. The molecule has 1 fully saturated rings. The molecule has 0 aliphatic carbocycles. The van der Waals surface area contributed by atoms with Crippen molar-refractivity contribution in [2.45, 2.75) is 11.8 Å². The lowest BCUT2D eigenvalue weighted by atomic mass is 10.1. The van der Waals surface area contributed by atoms with Crippen LogP contribution >= 0.6 is 0 Å². The Morgan fingerprint density at radius 3 is 2.32 bits per heavy atom.